The number of piperazine rings is 1. The molecule has 7 nitrogen and oxygen atoms in total. The number of anilines is 2. The summed E-state index contributed by atoms with van der Waals surface area (Å²) in [5.41, 5.74) is 1.81. The van der Waals surface area contributed by atoms with Crippen molar-refractivity contribution < 1.29 is 9.53 Å². The Bertz CT molecular complexity index is 806. The van der Waals surface area contributed by atoms with E-state index in [1.807, 2.05) is 30.3 Å². The van der Waals surface area contributed by atoms with Crippen LogP contribution in [0.25, 0.3) is 0 Å². The summed E-state index contributed by atoms with van der Waals surface area (Å²) in [4.78, 5) is 27.5. The Morgan fingerprint density at radius 1 is 1.12 bits per heavy atom. The number of amides is 2. The van der Waals surface area contributed by atoms with E-state index in [2.05, 4.69) is 14.9 Å². The molecular weight excluding hydrogens is 354 g/mol. The minimum atomic E-state index is 0.00125. The van der Waals surface area contributed by atoms with E-state index >= 15 is 0 Å². The lowest BCUT2D eigenvalue weighted by Crippen LogP contribution is -2.54. The minimum Gasteiger partial charge on any atom is -0.489 e. The van der Waals surface area contributed by atoms with Crippen molar-refractivity contribution in [2.75, 3.05) is 49.1 Å². The Labute approximate surface area is 157 Å². The summed E-state index contributed by atoms with van der Waals surface area (Å²) in [5.74, 6) is 1.37. The van der Waals surface area contributed by atoms with Crippen molar-refractivity contribution in [3.05, 3.63) is 41.2 Å². The second-order valence-electron chi connectivity index (χ2n) is 6.43. The molecule has 0 radical (unpaired) electrons. The third-order valence-electron chi connectivity index (χ3n) is 4.62. The number of aryl methyl sites for hydroxylation is 1. The van der Waals surface area contributed by atoms with Crippen molar-refractivity contribution in [2.45, 2.75) is 6.92 Å². The number of aromatic nitrogens is 2. The Kier molecular flexibility index (Phi) is 4.55. The van der Waals surface area contributed by atoms with Crippen molar-refractivity contribution >= 4 is 29.3 Å². The van der Waals surface area contributed by atoms with E-state index in [0.29, 0.717) is 56.1 Å². The van der Waals surface area contributed by atoms with Gasteiger partial charge in [0.2, 0.25) is 5.95 Å². The number of urea groups is 1. The highest BCUT2D eigenvalue weighted by Crippen LogP contribution is 2.34. The second-order valence-corrected chi connectivity index (χ2v) is 6.87. The number of hydrogen-bond donors (Lipinski definition) is 0. The number of nitrogens with zero attached hydrogens (tertiary/aromatic N) is 5. The van der Waals surface area contributed by atoms with Crippen LogP contribution in [-0.4, -0.2) is 60.2 Å². The molecule has 3 heterocycles. The average Bonchev–Trinajstić information content (AvgIpc) is 2.67. The molecule has 8 heteroatoms. The monoisotopic (exact) mass is 373 g/mol. The van der Waals surface area contributed by atoms with E-state index in [1.165, 1.54) is 0 Å². The van der Waals surface area contributed by atoms with Gasteiger partial charge in [0.05, 0.1) is 12.2 Å². The fraction of sp³-hybridized carbons (Fsp3) is 0.389. The van der Waals surface area contributed by atoms with Gasteiger partial charge in [-0.05, 0) is 24.6 Å². The average molecular weight is 374 g/mol. The molecular formula is C18H20ClN5O2. The highest BCUT2D eigenvalue weighted by Gasteiger charge is 2.30. The van der Waals surface area contributed by atoms with Crippen molar-refractivity contribution in [3.8, 4) is 5.75 Å². The maximum Gasteiger partial charge on any atom is 0.324 e. The Morgan fingerprint density at radius 3 is 2.58 bits per heavy atom. The van der Waals surface area contributed by atoms with Gasteiger partial charge >= 0.3 is 6.03 Å². The number of carbonyl (C=O) groups is 1. The van der Waals surface area contributed by atoms with Crippen LogP contribution in [-0.2, 0) is 0 Å². The molecule has 4 rings (SSSR count). The molecule has 0 aliphatic carbocycles. The summed E-state index contributed by atoms with van der Waals surface area (Å²) in [7, 11) is 0. The van der Waals surface area contributed by atoms with Gasteiger partial charge in [-0.25, -0.2) is 14.8 Å². The van der Waals surface area contributed by atoms with E-state index in [9.17, 15) is 4.79 Å². The molecule has 0 saturated carbocycles. The van der Waals surface area contributed by atoms with Crippen LogP contribution >= 0.6 is 11.6 Å². The zero-order chi connectivity index (χ0) is 18.1. The molecule has 1 fully saturated rings. The quantitative estimate of drug-likeness (QED) is 0.768. The number of fused-ring (bicyclic) bond motifs is 1. The molecule has 2 aliphatic heterocycles. The number of rotatable bonds is 1. The first-order valence-electron chi connectivity index (χ1n) is 8.64. The molecule has 0 unspecified atom stereocenters. The van der Waals surface area contributed by atoms with E-state index in [0.717, 1.165) is 11.3 Å². The molecule has 2 amide bonds. The van der Waals surface area contributed by atoms with Crippen LogP contribution in [0.3, 0.4) is 0 Å². The van der Waals surface area contributed by atoms with Gasteiger partial charge in [0.25, 0.3) is 0 Å². The third kappa shape index (κ3) is 3.26. The van der Waals surface area contributed by atoms with Gasteiger partial charge in [0.1, 0.15) is 12.4 Å². The molecule has 26 heavy (non-hydrogen) atoms. The molecule has 0 spiro atoms. The molecule has 136 valence electrons. The summed E-state index contributed by atoms with van der Waals surface area (Å²) in [6.45, 7) is 5.67. The van der Waals surface area contributed by atoms with Crippen molar-refractivity contribution in [2.24, 2.45) is 0 Å². The molecule has 2 aromatic rings. The summed E-state index contributed by atoms with van der Waals surface area (Å²) >= 11 is 6.03. The summed E-state index contributed by atoms with van der Waals surface area (Å²) in [6, 6.07) is 5.37. The van der Waals surface area contributed by atoms with Crippen LogP contribution in [0.5, 0.6) is 5.75 Å². The lowest BCUT2D eigenvalue weighted by atomic mass is 10.2. The first-order chi connectivity index (χ1) is 12.6. The van der Waals surface area contributed by atoms with E-state index < -0.39 is 0 Å². The van der Waals surface area contributed by atoms with Gasteiger partial charge < -0.3 is 14.5 Å². The van der Waals surface area contributed by atoms with Crippen molar-refractivity contribution in [1.29, 1.82) is 0 Å². The Morgan fingerprint density at radius 2 is 1.85 bits per heavy atom. The zero-order valence-electron chi connectivity index (χ0n) is 14.6. The summed E-state index contributed by atoms with van der Waals surface area (Å²) < 4.78 is 5.63. The molecule has 2 aliphatic rings. The maximum atomic E-state index is 13.0. The molecule has 1 aromatic carbocycles. The maximum absolute atomic E-state index is 13.0. The molecule has 0 atom stereocenters. The lowest BCUT2D eigenvalue weighted by molar-refractivity contribution is 0.196. The number of ether oxygens (including phenoxy) is 1. The van der Waals surface area contributed by atoms with Crippen LogP contribution in [0, 0.1) is 6.92 Å². The van der Waals surface area contributed by atoms with E-state index in [1.54, 1.807) is 17.0 Å². The third-order valence-corrected chi connectivity index (χ3v) is 4.85. The number of hydrogen-bond acceptors (Lipinski definition) is 5. The number of benzene rings is 1. The van der Waals surface area contributed by atoms with Gasteiger partial charge in [-0.3, -0.25) is 4.90 Å². The minimum absolute atomic E-state index is 0.00125. The highest BCUT2D eigenvalue weighted by atomic mass is 35.5. The standard InChI is InChI=1S/C18H20ClN5O2/c1-13-11-20-17(21-12-13)22-4-6-23(7-5-22)18(25)24-8-9-26-16-10-14(19)2-3-15(16)24/h2-3,10-12H,4-9H2,1H3. The largest absolute Gasteiger partial charge is 0.489 e. The van der Waals surface area contributed by atoms with Crippen molar-refractivity contribution in [3.63, 3.8) is 0 Å². The topological polar surface area (TPSA) is 61.8 Å². The van der Waals surface area contributed by atoms with Crippen LogP contribution in [0.15, 0.2) is 30.6 Å². The van der Waals surface area contributed by atoms with E-state index in [4.69, 9.17) is 16.3 Å². The molecule has 0 bridgehead atoms. The molecule has 1 aromatic heterocycles. The van der Waals surface area contributed by atoms with Gasteiger partial charge in [-0.1, -0.05) is 11.6 Å². The van der Waals surface area contributed by atoms with Crippen LogP contribution in [0.1, 0.15) is 5.56 Å². The lowest BCUT2D eigenvalue weighted by Gasteiger charge is -2.39. The van der Waals surface area contributed by atoms with E-state index in [-0.39, 0.29) is 6.03 Å². The van der Waals surface area contributed by atoms with Gasteiger partial charge in [0.15, 0.2) is 0 Å². The van der Waals surface area contributed by atoms with Crippen LogP contribution in [0.4, 0.5) is 16.4 Å². The number of carbonyl (C=O) groups excluding carboxylic acids is 1. The molecule has 1 saturated heterocycles. The SMILES string of the molecule is Cc1cnc(N2CCN(C(=O)N3CCOc4cc(Cl)ccc43)CC2)nc1. The fourth-order valence-corrected chi connectivity index (χ4v) is 3.37. The predicted molar refractivity (Wildman–Crippen MR) is 100 cm³/mol. The smallest absolute Gasteiger partial charge is 0.324 e. The van der Waals surface area contributed by atoms with Gasteiger partial charge in [-0.2, -0.15) is 0 Å². The Balaban J connectivity index is 1.44. The van der Waals surface area contributed by atoms with Gasteiger partial charge in [-0.15, -0.1) is 0 Å². The first-order valence-corrected chi connectivity index (χ1v) is 9.02. The number of halogens is 1. The van der Waals surface area contributed by atoms with Crippen LogP contribution in [0.2, 0.25) is 5.02 Å². The summed E-state index contributed by atoms with van der Waals surface area (Å²) in [6.07, 6.45) is 3.63. The van der Waals surface area contributed by atoms with Crippen molar-refractivity contribution in [1.82, 2.24) is 14.9 Å². The fourth-order valence-electron chi connectivity index (χ4n) is 3.21. The summed E-state index contributed by atoms with van der Waals surface area (Å²) in [5, 5.41) is 0.602. The predicted octanol–water partition coefficient (Wildman–Crippen LogP) is 2.58. The Hall–Kier alpha value is -2.54. The second kappa shape index (κ2) is 6.99. The zero-order valence-corrected chi connectivity index (χ0v) is 15.3. The van der Waals surface area contributed by atoms with Gasteiger partial charge in [0, 0.05) is 49.7 Å². The normalized spacial score (nSPS) is 16.9. The highest BCUT2D eigenvalue weighted by molar-refractivity contribution is 6.30. The molecule has 0 N–H and O–H groups in total. The van der Waals surface area contributed by atoms with Crippen LogP contribution < -0.4 is 14.5 Å². The first kappa shape index (κ1) is 16.9.